The number of aryl methyl sites for hydroxylation is 2. The van der Waals surface area contributed by atoms with Crippen LogP contribution in [0, 0.1) is 0 Å². The third kappa shape index (κ3) is 2.28. The first-order chi connectivity index (χ1) is 8.15. The van der Waals surface area contributed by atoms with Crippen molar-refractivity contribution >= 4 is 17.4 Å². The smallest absolute Gasteiger partial charge is 0.226 e. The van der Waals surface area contributed by atoms with Gasteiger partial charge >= 0.3 is 0 Å². The first-order valence-electron chi connectivity index (χ1n) is 6.28. The number of nitrogens with one attached hydrogen (secondary N) is 2. The van der Waals surface area contributed by atoms with Crippen molar-refractivity contribution in [2.24, 2.45) is 7.05 Å². The van der Waals surface area contributed by atoms with Gasteiger partial charge in [-0.25, -0.2) is 0 Å². The Morgan fingerprint density at radius 1 is 1.47 bits per heavy atom. The molecule has 5 heteroatoms. The third-order valence-electron chi connectivity index (χ3n) is 3.13. The van der Waals surface area contributed by atoms with Gasteiger partial charge in [-0.05, 0) is 12.8 Å². The molecule has 1 unspecified atom stereocenters. The van der Waals surface area contributed by atoms with E-state index in [0.29, 0.717) is 6.42 Å². The first-order valence-corrected chi connectivity index (χ1v) is 6.28. The summed E-state index contributed by atoms with van der Waals surface area (Å²) in [4.78, 5) is 11.8. The Morgan fingerprint density at radius 3 is 2.88 bits per heavy atom. The zero-order valence-corrected chi connectivity index (χ0v) is 10.7. The molecule has 2 heterocycles. The minimum atomic E-state index is 0.0809. The van der Waals surface area contributed by atoms with Gasteiger partial charge in [-0.15, -0.1) is 0 Å². The van der Waals surface area contributed by atoms with Gasteiger partial charge < -0.3 is 10.6 Å². The van der Waals surface area contributed by atoms with E-state index in [4.69, 9.17) is 0 Å². The molecule has 0 aromatic carbocycles. The largest absolute Gasteiger partial charge is 0.365 e. The lowest BCUT2D eigenvalue weighted by molar-refractivity contribution is -0.116. The van der Waals surface area contributed by atoms with Gasteiger partial charge in [-0.1, -0.05) is 20.3 Å². The lowest BCUT2D eigenvalue weighted by Gasteiger charge is -2.15. The van der Waals surface area contributed by atoms with Crippen LogP contribution in [0.5, 0.6) is 0 Å². The van der Waals surface area contributed by atoms with E-state index in [1.54, 1.807) is 0 Å². The molecule has 0 fully saturated rings. The quantitative estimate of drug-likeness (QED) is 0.842. The second-order valence-electron chi connectivity index (χ2n) is 4.53. The molecule has 17 heavy (non-hydrogen) atoms. The minimum Gasteiger partial charge on any atom is -0.365 e. The predicted molar refractivity (Wildman–Crippen MR) is 68.2 cm³/mol. The Hall–Kier alpha value is -1.52. The molecule has 1 aromatic rings. The van der Waals surface area contributed by atoms with Gasteiger partial charge in [0.15, 0.2) is 0 Å². The highest BCUT2D eigenvalue weighted by Crippen LogP contribution is 2.30. The van der Waals surface area contributed by atoms with Crippen LogP contribution in [-0.4, -0.2) is 21.7 Å². The number of hydrogen-bond donors (Lipinski definition) is 2. The van der Waals surface area contributed by atoms with Gasteiger partial charge in [0.2, 0.25) is 5.91 Å². The first kappa shape index (κ1) is 12.0. The normalized spacial score (nSPS) is 19.2. The molecule has 1 aliphatic heterocycles. The molecular weight excluding hydrogens is 216 g/mol. The van der Waals surface area contributed by atoms with Gasteiger partial charge in [-0.2, -0.15) is 5.10 Å². The number of amides is 1. The molecule has 0 spiro atoms. The second-order valence-corrected chi connectivity index (χ2v) is 4.53. The van der Waals surface area contributed by atoms with E-state index in [2.05, 4.69) is 22.7 Å². The predicted octanol–water partition coefficient (Wildman–Crippen LogP) is 1.91. The Labute approximate surface area is 102 Å². The summed E-state index contributed by atoms with van der Waals surface area (Å²) in [5.74, 6) is 1.02. The van der Waals surface area contributed by atoms with Crippen LogP contribution in [-0.2, 0) is 18.3 Å². The summed E-state index contributed by atoms with van der Waals surface area (Å²) in [7, 11) is 1.91. The number of carbonyl (C=O) groups is 1. The summed E-state index contributed by atoms with van der Waals surface area (Å²) in [6.45, 7) is 4.18. The fraction of sp³-hybridized carbons (Fsp3) is 0.667. The molecule has 2 rings (SSSR count). The summed E-state index contributed by atoms with van der Waals surface area (Å²) in [5.41, 5.74) is 1.80. The molecule has 0 saturated heterocycles. The summed E-state index contributed by atoms with van der Waals surface area (Å²) in [6, 6.07) is 0.210. The van der Waals surface area contributed by atoms with E-state index in [-0.39, 0.29) is 11.9 Å². The topological polar surface area (TPSA) is 59.0 Å². The highest BCUT2D eigenvalue weighted by atomic mass is 16.1. The number of hydrogen-bond acceptors (Lipinski definition) is 3. The van der Waals surface area contributed by atoms with Gasteiger partial charge in [-0.3, -0.25) is 9.48 Å². The zero-order valence-electron chi connectivity index (χ0n) is 10.7. The van der Waals surface area contributed by atoms with Crippen molar-refractivity contribution in [3.8, 4) is 0 Å². The lowest BCUT2D eigenvalue weighted by Crippen LogP contribution is -2.23. The zero-order chi connectivity index (χ0) is 12.4. The Kier molecular flexibility index (Phi) is 3.36. The number of rotatable bonds is 3. The average molecular weight is 236 g/mol. The van der Waals surface area contributed by atoms with Crippen LogP contribution in [0.1, 0.15) is 38.8 Å². The van der Waals surface area contributed by atoms with Gasteiger partial charge in [0.05, 0.1) is 5.69 Å². The lowest BCUT2D eigenvalue weighted by atomic mass is 10.1. The van der Waals surface area contributed by atoms with Crippen molar-refractivity contribution in [1.82, 2.24) is 9.78 Å². The molecule has 1 aromatic heterocycles. The number of anilines is 2. The monoisotopic (exact) mass is 236 g/mol. The number of aromatic nitrogens is 2. The van der Waals surface area contributed by atoms with Crippen LogP contribution >= 0.6 is 0 Å². The summed E-state index contributed by atoms with van der Waals surface area (Å²) >= 11 is 0. The fourth-order valence-corrected chi connectivity index (χ4v) is 2.31. The van der Waals surface area contributed by atoms with E-state index >= 15 is 0 Å². The van der Waals surface area contributed by atoms with Crippen molar-refractivity contribution in [3.05, 3.63) is 5.69 Å². The minimum absolute atomic E-state index is 0.0809. The molecule has 0 aliphatic carbocycles. The maximum absolute atomic E-state index is 11.8. The molecular formula is C12H20N4O. The Morgan fingerprint density at radius 2 is 2.24 bits per heavy atom. The van der Waals surface area contributed by atoms with Crippen LogP contribution in [0.4, 0.5) is 11.5 Å². The van der Waals surface area contributed by atoms with E-state index in [0.717, 1.165) is 36.5 Å². The van der Waals surface area contributed by atoms with Crippen LogP contribution in [0.25, 0.3) is 0 Å². The van der Waals surface area contributed by atoms with Crippen LogP contribution in [0.2, 0.25) is 0 Å². The van der Waals surface area contributed by atoms with E-state index < -0.39 is 0 Å². The molecule has 0 saturated carbocycles. The third-order valence-corrected chi connectivity index (χ3v) is 3.13. The number of carbonyl (C=O) groups excluding carboxylic acids is 1. The van der Waals surface area contributed by atoms with E-state index in [1.807, 2.05) is 18.7 Å². The van der Waals surface area contributed by atoms with E-state index in [9.17, 15) is 4.79 Å². The molecule has 1 amide bonds. The van der Waals surface area contributed by atoms with Gasteiger partial charge in [0.25, 0.3) is 0 Å². The molecule has 2 N–H and O–H groups in total. The average Bonchev–Trinajstić information content (AvgIpc) is 2.47. The molecule has 5 nitrogen and oxygen atoms in total. The molecule has 1 aliphatic rings. The fourth-order valence-electron chi connectivity index (χ4n) is 2.31. The number of nitrogens with zero attached hydrogens (tertiary/aromatic N) is 2. The van der Waals surface area contributed by atoms with E-state index in [1.165, 1.54) is 0 Å². The highest BCUT2D eigenvalue weighted by molar-refractivity contribution is 5.96. The van der Waals surface area contributed by atoms with Gasteiger partial charge in [0.1, 0.15) is 11.5 Å². The van der Waals surface area contributed by atoms with Crippen molar-refractivity contribution in [2.75, 3.05) is 10.6 Å². The van der Waals surface area contributed by atoms with Gasteiger partial charge in [0, 0.05) is 19.5 Å². The maximum atomic E-state index is 11.8. The molecule has 94 valence electrons. The second kappa shape index (κ2) is 4.77. The van der Waals surface area contributed by atoms with Crippen LogP contribution in [0.15, 0.2) is 0 Å². The van der Waals surface area contributed by atoms with Crippen molar-refractivity contribution in [2.45, 2.75) is 45.6 Å². The van der Waals surface area contributed by atoms with Crippen LogP contribution < -0.4 is 10.6 Å². The van der Waals surface area contributed by atoms with Crippen molar-refractivity contribution < 1.29 is 4.79 Å². The Balaban J connectivity index is 2.35. The molecule has 0 radical (unpaired) electrons. The SMILES string of the molecule is CCCC1CC(=O)Nc2c(CC)nn(C)c2N1. The molecule has 0 bridgehead atoms. The highest BCUT2D eigenvalue weighted by Gasteiger charge is 2.25. The van der Waals surface area contributed by atoms with Crippen LogP contribution in [0.3, 0.4) is 0 Å². The summed E-state index contributed by atoms with van der Waals surface area (Å²) in [6.07, 6.45) is 3.42. The Bertz CT molecular complexity index is 424. The van der Waals surface area contributed by atoms with Crippen molar-refractivity contribution in [1.29, 1.82) is 0 Å². The molecule has 1 atom stereocenters. The summed E-state index contributed by atoms with van der Waals surface area (Å²) < 4.78 is 1.82. The number of fused-ring (bicyclic) bond motifs is 1. The summed E-state index contributed by atoms with van der Waals surface area (Å²) in [5, 5.41) is 10.8. The standard InChI is InChI=1S/C12H20N4O/c1-4-6-8-7-10(17)14-11-9(5-2)15-16(3)12(11)13-8/h8,13H,4-7H2,1-3H3,(H,14,17). The van der Waals surface area contributed by atoms with Crippen molar-refractivity contribution in [3.63, 3.8) is 0 Å². The maximum Gasteiger partial charge on any atom is 0.226 e.